The van der Waals surface area contributed by atoms with Crippen molar-refractivity contribution >= 4 is 0 Å². The molecule has 3 heteroatoms. The lowest BCUT2D eigenvalue weighted by atomic mass is 9.99. The minimum atomic E-state index is 0.337. The first kappa shape index (κ1) is 16.4. The SMILES string of the molecule is COc1ccc([C@H](C)CN[C@H](C)c2ccccc2)cc1OC. The van der Waals surface area contributed by atoms with Gasteiger partial charge in [0.15, 0.2) is 11.5 Å². The van der Waals surface area contributed by atoms with E-state index in [0.717, 1.165) is 18.0 Å². The number of ether oxygens (including phenoxy) is 2. The van der Waals surface area contributed by atoms with Crippen molar-refractivity contribution in [3.63, 3.8) is 0 Å². The van der Waals surface area contributed by atoms with Gasteiger partial charge in [-0.1, -0.05) is 43.3 Å². The highest BCUT2D eigenvalue weighted by Crippen LogP contribution is 2.30. The van der Waals surface area contributed by atoms with E-state index in [1.807, 2.05) is 12.1 Å². The molecule has 2 aromatic rings. The summed E-state index contributed by atoms with van der Waals surface area (Å²) < 4.78 is 10.7. The van der Waals surface area contributed by atoms with Crippen molar-refractivity contribution in [1.82, 2.24) is 5.32 Å². The third kappa shape index (κ3) is 4.01. The number of benzene rings is 2. The maximum Gasteiger partial charge on any atom is 0.160 e. The quantitative estimate of drug-likeness (QED) is 0.833. The van der Waals surface area contributed by atoms with Crippen LogP contribution in [0.2, 0.25) is 0 Å². The van der Waals surface area contributed by atoms with E-state index in [1.54, 1.807) is 14.2 Å². The average Bonchev–Trinajstić information content (AvgIpc) is 2.59. The second kappa shape index (κ2) is 7.85. The van der Waals surface area contributed by atoms with Gasteiger partial charge >= 0.3 is 0 Å². The number of hydrogen-bond acceptors (Lipinski definition) is 3. The minimum Gasteiger partial charge on any atom is -0.493 e. The first-order chi connectivity index (χ1) is 10.7. The van der Waals surface area contributed by atoms with Crippen molar-refractivity contribution < 1.29 is 9.47 Å². The van der Waals surface area contributed by atoms with Crippen LogP contribution >= 0.6 is 0 Å². The largest absolute Gasteiger partial charge is 0.493 e. The molecular weight excluding hydrogens is 274 g/mol. The smallest absolute Gasteiger partial charge is 0.160 e. The van der Waals surface area contributed by atoms with Gasteiger partial charge in [0.2, 0.25) is 0 Å². The Balaban J connectivity index is 1.99. The van der Waals surface area contributed by atoms with Crippen molar-refractivity contribution in [3.8, 4) is 11.5 Å². The first-order valence-electron chi connectivity index (χ1n) is 7.66. The number of nitrogens with one attached hydrogen (secondary N) is 1. The molecule has 118 valence electrons. The van der Waals surface area contributed by atoms with Crippen LogP contribution in [-0.4, -0.2) is 20.8 Å². The fourth-order valence-corrected chi connectivity index (χ4v) is 2.49. The monoisotopic (exact) mass is 299 g/mol. The van der Waals surface area contributed by atoms with Gasteiger partial charge < -0.3 is 14.8 Å². The Bertz CT molecular complexity index is 583. The fraction of sp³-hybridized carbons (Fsp3) is 0.368. The first-order valence-corrected chi connectivity index (χ1v) is 7.66. The van der Waals surface area contributed by atoms with Gasteiger partial charge in [0.1, 0.15) is 0 Å². The summed E-state index contributed by atoms with van der Waals surface area (Å²) in [7, 11) is 3.33. The van der Waals surface area contributed by atoms with Gasteiger partial charge in [0, 0.05) is 12.6 Å². The highest BCUT2D eigenvalue weighted by molar-refractivity contribution is 5.43. The molecule has 0 saturated carbocycles. The molecule has 0 amide bonds. The van der Waals surface area contributed by atoms with Crippen LogP contribution in [0.25, 0.3) is 0 Å². The molecule has 0 unspecified atom stereocenters. The Morgan fingerprint density at radius 2 is 1.55 bits per heavy atom. The Labute approximate surface area is 133 Å². The molecule has 3 nitrogen and oxygen atoms in total. The highest BCUT2D eigenvalue weighted by atomic mass is 16.5. The van der Waals surface area contributed by atoms with E-state index >= 15 is 0 Å². The molecule has 1 N–H and O–H groups in total. The number of methoxy groups -OCH3 is 2. The normalized spacial score (nSPS) is 13.5. The number of rotatable bonds is 7. The lowest BCUT2D eigenvalue weighted by Crippen LogP contribution is -2.23. The van der Waals surface area contributed by atoms with Crippen molar-refractivity contribution in [2.75, 3.05) is 20.8 Å². The molecule has 2 aromatic carbocycles. The van der Waals surface area contributed by atoms with Crippen LogP contribution in [0.4, 0.5) is 0 Å². The molecule has 0 aliphatic carbocycles. The molecule has 2 rings (SSSR count). The molecule has 0 aliphatic rings. The summed E-state index contributed by atoms with van der Waals surface area (Å²) in [6, 6.07) is 16.9. The van der Waals surface area contributed by atoms with Crippen molar-refractivity contribution in [2.24, 2.45) is 0 Å². The third-order valence-electron chi connectivity index (χ3n) is 4.01. The van der Waals surface area contributed by atoms with Crippen LogP contribution in [0.1, 0.15) is 36.9 Å². The van der Waals surface area contributed by atoms with Crippen LogP contribution in [0.15, 0.2) is 48.5 Å². The highest BCUT2D eigenvalue weighted by Gasteiger charge is 2.12. The molecule has 22 heavy (non-hydrogen) atoms. The zero-order valence-electron chi connectivity index (χ0n) is 13.8. The van der Waals surface area contributed by atoms with Gasteiger partial charge in [0.25, 0.3) is 0 Å². The summed E-state index contributed by atoms with van der Waals surface area (Å²) in [5.41, 5.74) is 2.55. The maximum atomic E-state index is 5.38. The van der Waals surface area contributed by atoms with Gasteiger partial charge in [-0.05, 0) is 36.1 Å². The Kier molecular flexibility index (Phi) is 5.84. The third-order valence-corrected chi connectivity index (χ3v) is 4.01. The molecule has 0 radical (unpaired) electrons. The molecule has 2 atom stereocenters. The summed E-state index contributed by atoms with van der Waals surface area (Å²) in [5, 5.41) is 3.59. The van der Waals surface area contributed by atoms with E-state index in [-0.39, 0.29) is 0 Å². The zero-order chi connectivity index (χ0) is 15.9. The van der Waals surface area contributed by atoms with Crippen LogP contribution in [0.3, 0.4) is 0 Å². The predicted molar refractivity (Wildman–Crippen MR) is 90.8 cm³/mol. The summed E-state index contributed by atoms with van der Waals surface area (Å²) in [6.07, 6.45) is 0. The topological polar surface area (TPSA) is 30.5 Å². The van der Waals surface area contributed by atoms with Gasteiger partial charge in [-0.15, -0.1) is 0 Å². The molecule has 0 aliphatic heterocycles. The minimum absolute atomic E-state index is 0.337. The summed E-state index contributed by atoms with van der Waals surface area (Å²) >= 11 is 0. The van der Waals surface area contributed by atoms with E-state index in [2.05, 4.69) is 55.6 Å². The van der Waals surface area contributed by atoms with E-state index in [9.17, 15) is 0 Å². The molecule has 0 fully saturated rings. The van der Waals surface area contributed by atoms with Crippen LogP contribution in [0, 0.1) is 0 Å². The number of hydrogen-bond donors (Lipinski definition) is 1. The summed E-state index contributed by atoms with van der Waals surface area (Å²) in [5.74, 6) is 1.94. The van der Waals surface area contributed by atoms with Gasteiger partial charge in [-0.25, -0.2) is 0 Å². The Morgan fingerprint density at radius 3 is 2.18 bits per heavy atom. The van der Waals surface area contributed by atoms with Crippen LogP contribution < -0.4 is 14.8 Å². The molecule has 0 heterocycles. The predicted octanol–water partition coefficient (Wildman–Crippen LogP) is 4.16. The second-order valence-corrected chi connectivity index (χ2v) is 5.56. The van der Waals surface area contributed by atoms with Gasteiger partial charge in [0.05, 0.1) is 14.2 Å². The Morgan fingerprint density at radius 1 is 0.864 bits per heavy atom. The van der Waals surface area contributed by atoms with Crippen LogP contribution in [-0.2, 0) is 0 Å². The summed E-state index contributed by atoms with van der Waals surface area (Å²) in [6.45, 7) is 5.31. The van der Waals surface area contributed by atoms with Crippen LogP contribution in [0.5, 0.6) is 11.5 Å². The lowest BCUT2D eigenvalue weighted by Gasteiger charge is -2.19. The summed E-state index contributed by atoms with van der Waals surface area (Å²) in [4.78, 5) is 0. The maximum absolute atomic E-state index is 5.38. The van der Waals surface area contributed by atoms with E-state index in [0.29, 0.717) is 12.0 Å². The standard InChI is InChI=1S/C19H25NO2/c1-14(13-20-15(2)16-8-6-5-7-9-16)17-10-11-18(21-3)19(12-17)22-4/h5-12,14-15,20H,13H2,1-4H3/t14-,15-/m1/s1. The van der Waals surface area contributed by atoms with E-state index in [4.69, 9.17) is 9.47 Å². The lowest BCUT2D eigenvalue weighted by molar-refractivity contribution is 0.354. The molecular formula is C19H25NO2. The molecule has 0 aromatic heterocycles. The van der Waals surface area contributed by atoms with E-state index < -0.39 is 0 Å². The van der Waals surface area contributed by atoms with Gasteiger partial charge in [-0.2, -0.15) is 0 Å². The molecule has 0 saturated heterocycles. The second-order valence-electron chi connectivity index (χ2n) is 5.56. The molecule has 0 bridgehead atoms. The van der Waals surface area contributed by atoms with E-state index in [1.165, 1.54) is 11.1 Å². The fourth-order valence-electron chi connectivity index (χ4n) is 2.49. The molecule has 0 spiro atoms. The zero-order valence-corrected chi connectivity index (χ0v) is 13.8. The Hall–Kier alpha value is -2.00. The van der Waals surface area contributed by atoms with Gasteiger partial charge in [-0.3, -0.25) is 0 Å². The average molecular weight is 299 g/mol. The van der Waals surface area contributed by atoms with Crippen molar-refractivity contribution in [1.29, 1.82) is 0 Å². The van der Waals surface area contributed by atoms with Crippen molar-refractivity contribution in [2.45, 2.75) is 25.8 Å². The van der Waals surface area contributed by atoms with Crippen molar-refractivity contribution in [3.05, 3.63) is 59.7 Å².